The predicted octanol–water partition coefficient (Wildman–Crippen LogP) is 3.21. The van der Waals surface area contributed by atoms with Gasteiger partial charge in [-0.25, -0.2) is 0 Å². The molecule has 2 heterocycles. The van der Waals surface area contributed by atoms with Crippen LogP contribution in [0.15, 0.2) is 55.0 Å². The Hall–Kier alpha value is -2.73. The fourth-order valence-electron chi connectivity index (χ4n) is 2.33. The van der Waals surface area contributed by atoms with Crippen LogP contribution in [-0.4, -0.2) is 33.8 Å². The lowest BCUT2D eigenvalue weighted by Crippen LogP contribution is -2.22. The van der Waals surface area contributed by atoms with Crippen LogP contribution in [0.4, 0.5) is 11.8 Å². The predicted molar refractivity (Wildman–Crippen MR) is 99.8 cm³/mol. The molecule has 2 aromatic heterocycles. The van der Waals surface area contributed by atoms with Crippen molar-refractivity contribution in [3.8, 4) is 0 Å². The van der Waals surface area contributed by atoms with Crippen molar-refractivity contribution < 1.29 is 0 Å². The fraction of sp³-hybridized carbons (Fsp3) is 0.222. The van der Waals surface area contributed by atoms with Crippen LogP contribution >= 0.6 is 11.6 Å². The number of hydrogen-bond donors (Lipinski definition) is 1. The molecular weight excluding hydrogens is 336 g/mol. The Bertz CT molecular complexity index is 811. The third-order valence-corrected chi connectivity index (χ3v) is 4.19. The number of halogens is 1. The van der Waals surface area contributed by atoms with Crippen molar-refractivity contribution in [2.45, 2.75) is 13.0 Å². The molecular formula is C18H19ClN6. The van der Waals surface area contributed by atoms with Crippen LogP contribution in [0.5, 0.6) is 0 Å². The van der Waals surface area contributed by atoms with Gasteiger partial charge in [0.25, 0.3) is 0 Å². The van der Waals surface area contributed by atoms with Crippen molar-refractivity contribution in [1.29, 1.82) is 0 Å². The van der Waals surface area contributed by atoms with E-state index in [4.69, 9.17) is 11.6 Å². The highest BCUT2D eigenvalue weighted by molar-refractivity contribution is 6.31. The molecule has 7 heteroatoms. The van der Waals surface area contributed by atoms with E-state index in [9.17, 15) is 0 Å². The van der Waals surface area contributed by atoms with Crippen LogP contribution in [0, 0.1) is 0 Å². The van der Waals surface area contributed by atoms with E-state index in [1.807, 2.05) is 43.4 Å². The molecule has 25 heavy (non-hydrogen) atoms. The van der Waals surface area contributed by atoms with Crippen molar-refractivity contribution in [3.63, 3.8) is 0 Å². The van der Waals surface area contributed by atoms with Crippen LogP contribution < -0.4 is 10.2 Å². The zero-order valence-corrected chi connectivity index (χ0v) is 14.7. The SMILES string of the molecule is CN(CCc1ccncc1)c1cnnc(NCc2ccccc2Cl)n1. The monoisotopic (exact) mass is 354 g/mol. The van der Waals surface area contributed by atoms with Gasteiger partial charge >= 0.3 is 0 Å². The molecule has 0 spiro atoms. The molecule has 0 saturated carbocycles. The molecule has 1 N–H and O–H groups in total. The van der Waals surface area contributed by atoms with E-state index < -0.39 is 0 Å². The number of hydrogen-bond acceptors (Lipinski definition) is 6. The highest BCUT2D eigenvalue weighted by Gasteiger charge is 2.07. The average Bonchev–Trinajstić information content (AvgIpc) is 2.66. The molecule has 0 fully saturated rings. The van der Waals surface area contributed by atoms with Crippen LogP contribution in [0.3, 0.4) is 0 Å². The smallest absolute Gasteiger partial charge is 0.244 e. The third-order valence-electron chi connectivity index (χ3n) is 3.82. The van der Waals surface area contributed by atoms with Crippen LogP contribution in [0.25, 0.3) is 0 Å². The topological polar surface area (TPSA) is 66.8 Å². The molecule has 0 radical (unpaired) electrons. The summed E-state index contributed by atoms with van der Waals surface area (Å²) in [5.41, 5.74) is 2.23. The van der Waals surface area contributed by atoms with Gasteiger partial charge in [0.2, 0.25) is 5.95 Å². The third kappa shape index (κ3) is 4.87. The summed E-state index contributed by atoms with van der Waals surface area (Å²) in [6.07, 6.45) is 6.18. The maximum absolute atomic E-state index is 6.16. The van der Waals surface area contributed by atoms with Crippen molar-refractivity contribution in [1.82, 2.24) is 20.2 Å². The molecule has 0 saturated heterocycles. The lowest BCUT2D eigenvalue weighted by atomic mass is 10.2. The lowest BCUT2D eigenvalue weighted by molar-refractivity contribution is 0.835. The van der Waals surface area contributed by atoms with Crippen molar-refractivity contribution >= 4 is 23.4 Å². The molecule has 0 aliphatic carbocycles. The number of nitrogens with one attached hydrogen (secondary N) is 1. The number of likely N-dealkylation sites (N-methyl/N-ethyl adjacent to an activating group) is 1. The van der Waals surface area contributed by atoms with Gasteiger partial charge in [0.15, 0.2) is 5.82 Å². The minimum absolute atomic E-state index is 0.480. The van der Waals surface area contributed by atoms with E-state index in [0.717, 1.165) is 24.3 Å². The quantitative estimate of drug-likeness (QED) is 0.702. The summed E-state index contributed by atoms with van der Waals surface area (Å²) in [4.78, 5) is 10.6. The lowest BCUT2D eigenvalue weighted by Gasteiger charge is -2.18. The minimum atomic E-state index is 0.480. The minimum Gasteiger partial charge on any atom is -0.358 e. The maximum Gasteiger partial charge on any atom is 0.244 e. The van der Waals surface area contributed by atoms with Crippen LogP contribution in [-0.2, 0) is 13.0 Å². The first-order chi connectivity index (χ1) is 12.2. The van der Waals surface area contributed by atoms with Gasteiger partial charge in [0.05, 0.1) is 6.20 Å². The Morgan fingerprint density at radius 2 is 1.92 bits per heavy atom. The summed E-state index contributed by atoms with van der Waals surface area (Å²) in [6, 6.07) is 11.7. The summed E-state index contributed by atoms with van der Waals surface area (Å²) in [6.45, 7) is 1.37. The van der Waals surface area contributed by atoms with Crippen molar-refractivity contribution in [2.24, 2.45) is 0 Å². The maximum atomic E-state index is 6.16. The Kier molecular flexibility index (Phi) is 5.74. The Morgan fingerprint density at radius 1 is 1.12 bits per heavy atom. The molecule has 128 valence electrons. The molecule has 0 unspecified atom stereocenters. The number of benzene rings is 1. The van der Waals surface area contributed by atoms with Crippen LogP contribution in [0.1, 0.15) is 11.1 Å². The van der Waals surface area contributed by atoms with E-state index in [-0.39, 0.29) is 0 Å². The van der Waals surface area contributed by atoms with E-state index in [0.29, 0.717) is 17.5 Å². The van der Waals surface area contributed by atoms with Gasteiger partial charge in [-0.3, -0.25) is 4.98 Å². The summed E-state index contributed by atoms with van der Waals surface area (Å²) in [5.74, 6) is 1.25. The van der Waals surface area contributed by atoms with Gasteiger partial charge in [-0.1, -0.05) is 29.8 Å². The molecule has 0 bridgehead atoms. The molecule has 6 nitrogen and oxygen atoms in total. The van der Waals surface area contributed by atoms with E-state index in [1.165, 1.54) is 5.56 Å². The number of pyridine rings is 1. The first-order valence-electron chi connectivity index (χ1n) is 7.99. The second kappa shape index (κ2) is 8.39. The molecule has 0 atom stereocenters. The van der Waals surface area contributed by atoms with Crippen molar-refractivity contribution in [2.75, 3.05) is 23.8 Å². The second-order valence-corrected chi connectivity index (χ2v) is 6.02. The van der Waals surface area contributed by atoms with E-state index in [2.05, 4.69) is 30.4 Å². The van der Waals surface area contributed by atoms with Gasteiger partial charge in [-0.15, -0.1) is 5.10 Å². The summed E-state index contributed by atoms with van der Waals surface area (Å²) in [5, 5.41) is 12.0. The fourth-order valence-corrected chi connectivity index (χ4v) is 2.53. The Labute approximate surface area is 151 Å². The molecule has 1 aromatic carbocycles. The van der Waals surface area contributed by atoms with Crippen molar-refractivity contribution in [3.05, 3.63) is 71.1 Å². The molecule has 3 rings (SSSR count). The van der Waals surface area contributed by atoms with E-state index in [1.54, 1.807) is 18.6 Å². The first kappa shape index (κ1) is 17.1. The van der Waals surface area contributed by atoms with Crippen LogP contribution in [0.2, 0.25) is 5.02 Å². The summed E-state index contributed by atoms with van der Waals surface area (Å²) >= 11 is 6.16. The van der Waals surface area contributed by atoms with Gasteiger partial charge in [-0.05, 0) is 35.7 Å². The summed E-state index contributed by atoms with van der Waals surface area (Å²) < 4.78 is 0. The number of anilines is 2. The number of aromatic nitrogens is 4. The standard InChI is InChI=1S/C18H19ClN6/c1-25(11-8-14-6-9-20-10-7-14)17-13-22-24-18(23-17)21-12-15-4-2-3-5-16(15)19/h2-7,9-10,13H,8,11-12H2,1H3,(H,21,23,24). The zero-order valence-electron chi connectivity index (χ0n) is 13.9. The highest BCUT2D eigenvalue weighted by atomic mass is 35.5. The molecule has 0 aliphatic rings. The molecule has 3 aromatic rings. The highest BCUT2D eigenvalue weighted by Crippen LogP contribution is 2.16. The van der Waals surface area contributed by atoms with E-state index >= 15 is 0 Å². The summed E-state index contributed by atoms with van der Waals surface area (Å²) in [7, 11) is 1.99. The second-order valence-electron chi connectivity index (χ2n) is 5.61. The first-order valence-corrected chi connectivity index (χ1v) is 8.37. The molecule has 0 aliphatic heterocycles. The van der Waals surface area contributed by atoms with Gasteiger partial charge in [0.1, 0.15) is 0 Å². The largest absolute Gasteiger partial charge is 0.358 e. The Morgan fingerprint density at radius 3 is 2.72 bits per heavy atom. The Balaban J connectivity index is 1.59. The average molecular weight is 355 g/mol. The zero-order chi connectivity index (χ0) is 17.5. The molecule has 0 amide bonds. The normalized spacial score (nSPS) is 10.5. The van der Waals surface area contributed by atoms with Gasteiger partial charge in [0, 0.05) is 37.6 Å². The van der Waals surface area contributed by atoms with Gasteiger partial charge < -0.3 is 10.2 Å². The van der Waals surface area contributed by atoms with Gasteiger partial charge in [-0.2, -0.15) is 10.1 Å². The number of rotatable bonds is 7. The number of nitrogens with zero attached hydrogens (tertiary/aromatic N) is 5.